The number of aliphatic carboxylic acids is 1. The van der Waals surface area contributed by atoms with E-state index in [1.165, 1.54) is 17.2 Å². The molecule has 3 aromatic heterocycles. The van der Waals surface area contributed by atoms with E-state index in [9.17, 15) is 20.1 Å². The number of aliphatic hydroxyl groups excluding tert-OH is 2. The van der Waals surface area contributed by atoms with Crippen molar-refractivity contribution in [1.29, 1.82) is 0 Å². The minimum Gasteiger partial charge on any atom is -0.480 e. The van der Waals surface area contributed by atoms with Gasteiger partial charge in [0.15, 0.2) is 17.7 Å². The van der Waals surface area contributed by atoms with Crippen molar-refractivity contribution in [3.63, 3.8) is 0 Å². The summed E-state index contributed by atoms with van der Waals surface area (Å²) in [7, 11) is 0. The molecule has 0 spiro atoms. The van der Waals surface area contributed by atoms with Crippen molar-refractivity contribution in [3.05, 3.63) is 47.9 Å². The van der Waals surface area contributed by atoms with Crippen LogP contribution >= 0.6 is 11.3 Å². The molecule has 190 valence electrons. The van der Waals surface area contributed by atoms with Crippen molar-refractivity contribution in [1.82, 2.24) is 24.4 Å². The molecule has 1 aliphatic rings. The topological polar surface area (TPSA) is 186 Å². The van der Waals surface area contributed by atoms with Crippen LogP contribution in [0.25, 0.3) is 21.3 Å². The maximum atomic E-state index is 11.3. The number of carboxylic acids is 1. The molecule has 0 aliphatic carbocycles. The SMILES string of the molecule is Nc1ncnc2c1ncn2[C@@H]1O[C@H](CN(CC[C@H](N)C(=O)O)Cc2cc3ccccc3s2)[C@@H](O)[C@H]1O. The van der Waals surface area contributed by atoms with Crippen LogP contribution in [-0.2, 0) is 16.1 Å². The van der Waals surface area contributed by atoms with Crippen LogP contribution in [0.4, 0.5) is 5.82 Å². The number of imidazole rings is 1. The van der Waals surface area contributed by atoms with Crippen LogP contribution in [0.3, 0.4) is 0 Å². The van der Waals surface area contributed by atoms with Gasteiger partial charge < -0.3 is 31.5 Å². The number of thiophene rings is 1. The number of rotatable bonds is 9. The lowest BCUT2D eigenvalue weighted by molar-refractivity contribution is -0.138. The molecule has 5 rings (SSSR count). The summed E-state index contributed by atoms with van der Waals surface area (Å²) >= 11 is 1.65. The molecule has 1 saturated heterocycles. The summed E-state index contributed by atoms with van der Waals surface area (Å²) in [5, 5.41) is 32.0. The molecule has 36 heavy (non-hydrogen) atoms. The van der Waals surface area contributed by atoms with E-state index in [0.29, 0.717) is 24.3 Å². The molecule has 0 unspecified atom stereocenters. The molecule has 1 fully saturated rings. The van der Waals surface area contributed by atoms with Gasteiger partial charge in [0, 0.05) is 29.2 Å². The molecule has 1 aromatic carbocycles. The van der Waals surface area contributed by atoms with Crippen LogP contribution in [-0.4, -0.2) is 83.2 Å². The van der Waals surface area contributed by atoms with E-state index >= 15 is 0 Å². The van der Waals surface area contributed by atoms with E-state index in [0.717, 1.165) is 15.0 Å². The van der Waals surface area contributed by atoms with Gasteiger partial charge in [-0.15, -0.1) is 11.3 Å². The van der Waals surface area contributed by atoms with E-state index in [1.54, 1.807) is 11.3 Å². The molecule has 4 aromatic rings. The van der Waals surface area contributed by atoms with Crippen molar-refractivity contribution in [3.8, 4) is 0 Å². The maximum Gasteiger partial charge on any atom is 0.320 e. The monoisotopic (exact) mass is 513 g/mol. The number of hydrogen-bond acceptors (Lipinski definition) is 11. The summed E-state index contributed by atoms with van der Waals surface area (Å²) < 4.78 is 8.77. The number of anilines is 1. The number of carbonyl (C=O) groups is 1. The number of hydrogen-bond donors (Lipinski definition) is 5. The molecule has 0 amide bonds. The summed E-state index contributed by atoms with van der Waals surface area (Å²) in [6, 6.07) is 9.13. The van der Waals surface area contributed by atoms with Crippen LogP contribution in [0.5, 0.6) is 0 Å². The number of nitrogens with two attached hydrogens (primary N) is 2. The highest BCUT2D eigenvalue weighted by molar-refractivity contribution is 7.19. The third-order valence-corrected chi connectivity index (χ3v) is 7.47. The normalized spacial score (nSPS) is 23.1. The molecule has 13 heteroatoms. The number of ether oxygens (including phenoxy) is 1. The molecule has 7 N–H and O–H groups in total. The Morgan fingerprint density at radius 3 is 2.81 bits per heavy atom. The number of aromatic nitrogens is 4. The number of carboxylic acid groups (broad SMARTS) is 1. The van der Waals surface area contributed by atoms with Gasteiger partial charge in [-0.3, -0.25) is 14.3 Å². The fraction of sp³-hybridized carbons (Fsp3) is 0.391. The Morgan fingerprint density at radius 2 is 2.03 bits per heavy atom. The Labute approximate surface area is 209 Å². The van der Waals surface area contributed by atoms with Gasteiger partial charge in [0.05, 0.1) is 6.33 Å². The number of nitrogens with zero attached hydrogens (tertiary/aromatic N) is 5. The van der Waals surface area contributed by atoms with Crippen molar-refractivity contribution in [2.75, 3.05) is 18.8 Å². The lowest BCUT2D eigenvalue weighted by Gasteiger charge is -2.27. The lowest BCUT2D eigenvalue weighted by Crippen LogP contribution is -2.42. The van der Waals surface area contributed by atoms with Crippen molar-refractivity contribution < 1.29 is 24.9 Å². The molecule has 0 bridgehead atoms. The molecule has 4 heterocycles. The highest BCUT2D eigenvalue weighted by Crippen LogP contribution is 2.33. The van der Waals surface area contributed by atoms with Gasteiger partial charge in [0.1, 0.15) is 36.2 Å². The van der Waals surface area contributed by atoms with Gasteiger partial charge in [-0.05, 0) is 23.9 Å². The van der Waals surface area contributed by atoms with Gasteiger partial charge in [-0.25, -0.2) is 15.0 Å². The van der Waals surface area contributed by atoms with Crippen LogP contribution in [0.2, 0.25) is 0 Å². The zero-order valence-corrected chi connectivity index (χ0v) is 20.0. The Morgan fingerprint density at radius 1 is 1.22 bits per heavy atom. The number of benzene rings is 1. The first-order chi connectivity index (χ1) is 17.3. The van der Waals surface area contributed by atoms with E-state index in [-0.39, 0.29) is 18.8 Å². The Kier molecular flexibility index (Phi) is 6.83. The fourth-order valence-electron chi connectivity index (χ4n) is 4.44. The van der Waals surface area contributed by atoms with Gasteiger partial charge in [0.25, 0.3) is 0 Å². The quantitative estimate of drug-likeness (QED) is 0.210. The smallest absolute Gasteiger partial charge is 0.320 e. The maximum absolute atomic E-state index is 11.3. The highest BCUT2D eigenvalue weighted by Gasteiger charge is 2.45. The second-order valence-electron chi connectivity index (χ2n) is 8.85. The molecule has 12 nitrogen and oxygen atoms in total. The predicted molar refractivity (Wildman–Crippen MR) is 133 cm³/mol. The van der Waals surface area contributed by atoms with E-state index in [1.807, 2.05) is 29.2 Å². The van der Waals surface area contributed by atoms with Crippen molar-refractivity contribution >= 4 is 44.4 Å². The summed E-state index contributed by atoms with van der Waals surface area (Å²) in [6.45, 7) is 1.13. The average Bonchev–Trinajstić information content (AvgIpc) is 3.54. The fourth-order valence-corrected chi connectivity index (χ4v) is 5.54. The first-order valence-corrected chi connectivity index (χ1v) is 12.3. The zero-order valence-electron chi connectivity index (χ0n) is 19.2. The van der Waals surface area contributed by atoms with E-state index in [2.05, 4.69) is 21.0 Å². The zero-order chi connectivity index (χ0) is 25.4. The van der Waals surface area contributed by atoms with Gasteiger partial charge in [-0.1, -0.05) is 18.2 Å². The van der Waals surface area contributed by atoms with Crippen LogP contribution in [0.15, 0.2) is 43.0 Å². The van der Waals surface area contributed by atoms with Gasteiger partial charge in [-0.2, -0.15) is 0 Å². The van der Waals surface area contributed by atoms with Crippen molar-refractivity contribution in [2.45, 2.75) is 43.5 Å². The van der Waals surface area contributed by atoms with Crippen LogP contribution < -0.4 is 11.5 Å². The molecule has 5 atom stereocenters. The van der Waals surface area contributed by atoms with Crippen LogP contribution in [0, 0.1) is 0 Å². The summed E-state index contributed by atoms with van der Waals surface area (Å²) in [4.78, 5) is 26.7. The van der Waals surface area contributed by atoms with Crippen molar-refractivity contribution in [2.24, 2.45) is 5.73 Å². The first kappa shape index (κ1) is 24.5. The Hall–Kier alpha value is -3.20. The average molecular weight is 514 g/mol. The van der Waals surface area contributed by atoms with E-state index in [4.69, 9.17) is 16.2 Å². The molecule has 0 radical (unpaired) electrons. The third-order valence-electron chi connectivity index (χ3n) is 6.37. The summed E-state index contributed by atoms with van der Waals surface area (Å²) in [5.41, 5.74) is 12.4. The lowest BCUT2D eigenvalue weighted by atomic mass is 10.1. The first-order valence-electron chi connectivity index (χ1n) is 11.4. The number of nitrogen functional groups attached to an aromatic ring is 1. The number of fused-ring (bicyclic) bond motifs is 2. The Bertz CT molecular complexity index is 1340. The second kappa shape index (κ2) is 10.0. The summed E-state index contributed by atoms with van der Waals surface area (Å²) in [6.07, 6.45) is -1.16. The predicted octanol–water partition coefficient (Wildman–Crippen LogP) is 0.547. The largest absolute Gasteiger partial charge is 0.480 e. The second-order valence-corrected chi connectivity index (χ2v) is 10.0. The van der Waals surface area contributed by atoms with Gasteiger partial charge >= 0.3 is 5.97 Å². The van der Waals surface area contributed by atoms with Gasteiger partial charge in [0.2, 0.25) is 0 Å². The highest BCUT2D eigenvalue weighted by atomic mass is 32.1. The Balaban J connectivity index is 1.35. The van der Waals surface area contributed by atoms with Crippen LogP contribution in [0.1, 0.15) is 17.5 Å². The molecule has 1 aliphatic heterocycles. The molecule has 0 saturated carbocycles. The summed E-state index contributed by atoms with van der Waals surface area (Å²) in [5.74, 6) is -0.870. The molecular weight excluding hydrogens is 486 g/mol. The molecular formula is C23H27N7O5S. The standard InChI is InChI=1S/C23H27N7O5S/c24-14(23(33)34)5-6-29(8-13-7-12-3-1-2-4-16(12)36-13)9-15-18(31)19(32)22(35-15)30-11-28-17-20(25)26-10-27-21(17)30/h1-4,7,10-11,14-15,18-19,22,31-32H,5-6,8-9,24H2,(H,33,34)(H2,25,26,27)/t14-,15+,18+,19+,22+/m0/s1. The number of aliphatic hydroxyl groups is 2. The third kappa shape index (κ3) is 4.76. The minimum atomic E-state index is -1.24. The minimum absolute atomic E-state index is 0.201. The van der Waals surface area contributed by atoms with E-state index < -0.39 is 36.6 Å².